The summed E-state index contributed by atoms with van der Waals surface area (Å²) in [5, 5.41) is 16.1. The fraction of sp³-hybridized carbons (Fsp3) is 0.556. The number of amides is 2. The van der Waals surface area contributed by atoms with E-state index in [4.69, 9.17) is 0 Å². The lowest BCUT2D eigenvalue weighted by atomic mass is 9.96. The van der Waals surface area contributed by atoms with Crippen molar-refractivity contribution in [2.45, 2.75) is 57.1 Å². The van der Waals surface area contributed by atoms with Crippen LogP contribution in [-0.2, 0) is 15.2 Å². The van der Waals surface area contributed by atoms with Crippen LogP contribution < -0.4 is 10.6 Å². The zero-order chi connectivity index (χ0) is 16.7. The lowest BCUT2D eigenvalue weighted by molar-refractivity contribution is -0.127. The van der Waals surface area contributed by atoms with Crippen LogP contribution in [0.2, 0.25) is 0 Å². The van der Waals surface area contributed by atoms with Crippen LogP contribution in [0.1, 0.15) is 51.0 Å². The lowest BCUT2D eigenvalue weighted by Gasteiger charge is -2.24. The Morgan fingerprint density at radius 3 is 2.39 bits per heavy atom. The van der Waals surface area contributed by atoms with E-state index in [1.807, 2.05) is 30.3 Å². The van der Waals surface area contributed by atoms with Gasteiger partial charge in [0.2, 0.25) is 11.8 Å². The summed E-state index contributed by atoms with van der Waals surface area (Å²) in [6.45, 7) is 1.79. The minimum Gasteiger partial charge on any atom is -0.384 e. The van der Waals surface area contributed by atoms with Crippen LogP contribution >= 0.6 is 0 Å². The largest absolute Gasteiger partial charge is 0.384 e. The predicted octanol–water partition coefficient (Wildman–Crippen LogP) is 1.85. The van der Waals surface area contributed by atoms with Crippen molar-refractivity contribution in [2.24, 2.45) is 0 Å². The van der Waals surface area contributed by atoms with E-state index in [9.17, 15) is 14.7 Å². The van der Waals surface area contributed by atoms with Crippen LogP contribution in [0.15, 0.2) is 30.3 Å². The molecule has 0 aliphatic heterocycles. The van der Waals surface area contributed by atoms with Crippen LogP contribution in [0.5, 0.6) is 0 Å². The van der Waals surface area contributed by atoms with Crippen LogP contribution in [-0.4, -0.2) is 29.5 Å². The van der Waals surface area contributed by atoms with E-state index in [2.05, 4.69) is 10.6 Å². The number of carbonyl (C=O) groups is 2. The molecular weight excluding hydrogens is 292 g/mol. The Bertz CT molecular complexity index is 522. The normalized spacial score (nSPS) is 17.5. The molecule has 1 unspecified atom stereocenters. The van der Waals surface area contributed by atoms with Crippen molar-refractivity contribution in [3.63, 3.8) is 0 Å². The zero-order valence-corrected chi connectivity index (χ0v) is 13.7. The summed E-state index contributed by atoms with van der Waals surface area (Å²) < 4.78 is 0. The molecule has 2 amide bonds. The van der Waals surface area contributed by atoms with E-state index >= 15 is 0 Å². The third-order valence-electron chi connectivity index (χ3n) is 4.32. The molecule has 3 N–H and O–H groups in total. The Kier molecular flexibility index (Phi) is 6.16. The van der Waals surface area contributed by atoms with Crippen molar-refractivity contribution >= 4 is 11.8 Å². The first kappa shape index (κ1) is 17.5. The fourth-order valence-electron chi connectivity index (χ4n) is 2.86. The van der Waals surface area contributed by atoms with Crippen molar-refractivity contribution < 1.29 is 14.7 Å². The van der Waals surface area contributed by atoms with Gasteiger partial charge in [0.1, 0.15) is 5.60 Å². The minimum absolute atomic E-state index is 0.0677. The molecule has 1 atom stereocenters. The van der Waals surface area contributed by atoms with Gasteiger partial charge < -0.3 is 15.7 Å². The Hall–Kier alpha value is -1.88. The van der Waals surface area contributed by atoms with Crippen LogP contribution in [0, 0.1) is 0 Å². The van der Waals surface area contributed by atoms with Gasteiger partial charge >= 0.3 is 0 Å². The highest BCUT2D eigenvalue weighted by atomic mass is 16.3. The van der Waals surface area contributed by atoms with E-state index in [0.717, 1.165) is 18.4 Å². The Balaban J connectivity index is 1.69. The Morgan fingerprint density at radius 1 is 1.13 bits per heavy atom. The second kappa shape index (κ2) is 8.11. The van der Waals surface area contributed by atoms with E-state index < -0.39 is 5.60 Å². The molecule has 2 rings (SSSR count). The summed E-state index contributed by atoms with van der Waals surface area (Å²) in [6, 6.07) is 9.49. The van der Waals surface area contributed by atoms with Gasteiger partial charge in [-0.2, -0.15) is 0 Å². The van der Waals surface area contributed by atoms with Gasteiger partial charge in [0.25, 0.3) is 0 Å². The summed E-state index contributed by atoms with van der Waals surface area (Å²) in [5.41, 5.74) is -0.373. The molecule has 126 valence electrons. The van der Waals surface area contributed by atoms with Gasteiger partial charge in [-0.15, -0.1) is 0 Å². The molecule has 0 aromatic heterocycles. The maximum atomic E-state index is 11.9. The number of nitrogens with one attached hydrogen (secondary N) is 2. The van der Waals surface area contributed by atoms with Crippen molar-refractivity contribution in [2.75, 3.05) is 6.54 Å². The summed E-state index contributed by atoms with van der Waals surface area (Å²) in [5.74, 6) is -0.287. The Labute approximate surface area is 137 Å². The second-order valence-electron chi connectivity index (χ2n) is 6.47. The van der Waals surface area contributed by atoms with Crippen molar-refractivity contribution in [3.05, 3.63) is 35.9 Å². The predicted molar refractivity (Wildman–Crippen MR) is 88.7 cm³/mol. The molecule has 1 aromatic rings. The van der Waals surface area contributed by atoms with Gasteiger partial charge in [0.15, 0.2) is 0 Å². The molecular formula is C18H26N2O3. The Morgan fingerprint density at radius 2 is 1.74 bits per heavy atom. The van der Waals surface area contributed by atoms with Crippen molar-refractivity contribution in [3.8, 4) is 0 Å². The summed E-state index contributed by atoms with van der Waals surface area (Å²) in [4.78, 5) is 23.6. The van der Waals surface area contributed by atoms with Crippen LogP contribution in [0.25, 0.3) is 0 Å². The third kappa shape index (κ3) is 5.67. The first-order valence-corrected chi connectivity index (χ1v) is 8.31. The van der Waals surface area contributed by atoms with E-state index in [-0.39, 0.29) is 37.2 Å². The monoisotopic (exact) mass is 318 g/mol. The van der Waals surface area contributed by atoms with E-state index in [1.165, 1.54) is 12.8 Å². The molecule has 1 aromatic carbocycles. The molecule has 0 heterocycles. The van der Waals surface area contributed by atoms with Crippen LogP contribution in [0.3, 0.4) is 0 Å². The number of hydrogen-bond acceptors (Lipinski definition) is 3. The van der Waals surface area contributed by atoms with Gasteiger partial charge in [-0.3, -0.25) is 9.59 Å². The van der Waals surface area contributed by atoms with E-state index in [0.29, 0.717) is 0 Å². The van der Waals surface area contributed by atoms with Crippen LogP contribution in [0.4, 0.5) is 0 Å². The molecule has 0 radical (unpaired) electrons. The minimum atomic E-state index is -1.12. The van der Waals surface area contributed by atoms with Crippen molar-refractivity contribution in [1.29, 1.82) is 0 Å². The maximum absolute atomic E-state index is 11.9. The number of carbonyl (C=O) groups excluding carboxylic acids is 2. The topological polar surface area (TPSA) is 78.4 Å². The highest BCUT2D eigenvalue weighted by Gasteiger charge is 2.23. The zero-order valence-electron chi connectivity index (χ0n) is 13.7. The number of benzene rings is 1. The highest BCUT2D eigenvalue weighted by Crippen LogP contribution is 2.19. The van der Waals surface area contributed by atoms with Gasteiger partial charge in [-0.25, -0.2) is 0 Å². The molecule has 1 fully saturated rings. The molecule has 1 aliphatic carbocycles. The molecule has 5 heteroatoms. The molecule has 5 nitrogen and oxygen atoms in total. The first-order chi connectivity index (χ1) is 11.0. The number of aliphatic hydroxyl groups is 1. The molecule has 0 saturated heterocycles. The summed E-state index contributed by atoms with van der Waals surface area (Å²) in [7, 11) is 0. The van der Waals surface area contributed by atoms with E-state index in [1.54, 1.807) is 6.92 Å². The SMILES string of the molecule is CC(O)(CNC(=O)CCC(=O)NC1CCCC1)c1ccccc1. The highest BCUT2D eigenvalue weighted by molar-refractivity contribution is 5.83. The lowest BCUT2D eigenvalue weighted by Crippen LogP contribution is -2.39. The molecule has 0 spiro atoms. The molecule has 23 heavy (non-hydrogen) atoms. The number of rotatable bonds is 7. The van der Waals surface area contributed by atoms with Gasteiger partial charge in [0, 0.05) is 18.9 Å². The van der Waals surface area contributed by atoms with Gasteiger partial charge in [-0.05, 0) is 25.3 Å². The van der Waals surface area contributed by atoms with Gasteiger partial charge in [-0.1, -0.05) is 43.2 Å². The standard InChI is InChI=1S/C18H26N2O3/c1-18(23,14-7-3-2-4-8-14)13-19-16(21)11-12-17(22)20-15-9-5-6-10-15/h2-4,7-8,15,23H,5-6,9-13H2,1H3,(H,19,21)(H,20,22). The summed E-state index contributed by atoms with van der Waals surface area (Å²) >= 11 is 0. The number of hydrogen-bond donors (Lipinski definition) is 3. The molecule has 1 aliphatic rings. The fourth-order valence-corrected chi connectivity index (χ4v) is 2.86. The first-order valence-electron chi connectivity index (χ1n) is 8.31. The van der Waals surface area contributed by atoms with Crippen molar-refractivity contribution in [1.82, 2.24) is 10.6 Å². The average Bonchev–Trinajstić information content (AvgIpc) is 3.05. The average molecular weight is 318 g/mol. The van der Waals surface area contributed by atoms with Gasteiger partial charge in [0.05, 0.1) is 6.54 Å². The quantitative estimate of drug-likeness (QED) is 0.718. The second-order valence-corrected chi connectivity index (χ2v) is 6.47. The third-order valence-corrected chi connectivity index (χ3v) is 4.32. The molecule has 0 bridgehead atoms. The maximum Gasteiger partial charge on any atom is 0.220 e. The summed E-state index contributed by atoms with van der Waals surface area (Å²) in [6.07, 6.45) is 4.75. The smallest absolute Gasteiger partial charge is 0.220 e. The molecule has 1 saturated carbocycles.